The topological polar surface area (TPSA) is 71.8 Å². The van der Waals surface area contributed by atoms with Gasteiger partial charge in [0.25, 0.3) is 0 Å². The number of rotatable bonds is 3. The molecule has 80 valence electrons. The third kappa shape index (κ3) is 3.02. The average molecular weight is 273 g/mol. The highest BCUT2D eigenvalue weighted by Gasteiger charge is 2.17. The van der Waals surface area contributed by atoms with Crippen LogP contribution in [0.5, 0.6) is 0 Å². The minimum Gasteiger partial charge on any atom is -0.461 e. The highest BCUT2D eigenvalue weighted by molar-refractivity contribution is 9.10. The van der Waals surface area contributed by atoms with E-state index in [-0.39, 0.29) is 18.0 Å². The van der Waals surface area contributed by atoms with Crippen molar-refractivity contribution in [3.05, 3.63) is 28.5 Å². The van der Waals surface area contributed by atoms with Gasteiger partial charge >= 0.3 is 5.97 Å². The summed E-state index contributed by atoms with van der Waals surface area (Å²) in [5.74, 6) is -0.699. The number of aromatic nitrogens is 1. The van der Waals surface area contributed by atoms with Crippen LogP contribution in [-0.2, 0) is 9.53 Å². The van der Waals surface area contributed by atoms with Gasteiger partial charge in [-0.3, -0.25) is 4.98 Å². The zero-order valence-electron chi connectivity index (χ0n) is 7.98. The van der Waals surface area contributed by atoms with Gasteiger partial charge in [0.1, 0.15) is 0 Å². The van der Waals surface area contributed by atoms with Gasteiger partial charge in [-0.1, -0.05) is 5.16 Å². The van der Waals surface area contributed by atoms with E-state index in [1.807, 2.05) is 0 Å². The van der Waals surface area contributed by atoms with E-state index < -0.39 is 5.97 Å². The lowest BCUT2D eigenvalue weighted by atomic mass is 10.2. The normalized spacial score (nSPS) is 11.2. The summed E-state index contributed by atoms with van der Waals surface area (Å²) in [5.41, 5.74) is 0.0588. The molecule has 0 aliphatic carbocycles. The van der Waals surface area contributed by atoms with Crippen molar-refractivity contribution in [2.24, 2.45) is 5.16 Å². The van der Waals surface area contributed by atoms with Crippen molar-refractivity contribution in [3.8, 4) is 0 Å². The van der Waals surface area contributed by atoms with E-state index in [0.717, 1.165) is 4.47 Å². The fourth-order valence-electron chi connectivity index (χ4n) is 0.912. The maximum absolute atomic E-state index is 11.3. The molecule has 6 heteroatoms. The Hall–Kier alpha value is -1.43. The third-order valence-corrected chi connectivity index (χ3v) is 2.01. The molecular weight excluding hydrogens is 264 g/mol. The van der Waals surface area contributed by atoms with E-state index >= 15 is 0 Å². The Morgan fingerprint density at radius 1 is 1.67 bits per heavy atom. The Balaban J connectivity index is 2.94. The first-order valence-electron chi connectivity index (χ1n) is 4.20. The Labute approximate surface area is 94.9 Å². The van der Waals surface area contributed by atoms with Crippen LogP contribution in [0, 0.1) is 0 Å². The van der Waals surface area contributed by atoms with Gasteiger partial charge < -0.3 is 9.94 Å². The fourth-order valence-corrected chi connectivity index (χ4v) is 1.15. The van der Waals surface area contributed by atoms with Crippen LogP contribution in [0.4, 0.5) is 0 Å². The molecule has 1 heterocycles. The first kappa shape index (κ1) is 11.6. The highest BCUT2D eigenvalue weighted by Crippen LogP contribution is 2.08. The van der Waals surface area contributed by atoms with Gasteiger partial charge in [-0.25, -0.2) is 4.79 Å². The number of nitrogens with zero attached hydrogens (tertiary/aromatic N) is 2. The molecule has 1 rings (SSSR count). The van der Waals surface area contributed by atoms with Crippen molar-refractivity contribution in [1.29, 1.82) is 0 Å². The molecule has 0 aromatic carbocycles. The summed E-state index contributed by atoms with van der Waals surface area (Å²) in [6, 6.07) is 3.24. The average Bonchev–Trinajstić information content (AvgIpc) is 2.22. The molecule has 0 radical (unpaired) electrons. The smallest absolute Gasteiger partial charge is 0.362 e. The zero-order chi connectivity index (χ0) is 11.3. The standard InChI is InChI=1S/C9H9BrN2O3/c1-2-15-9(13)8(12-14)7-4-3-6(10)5-11-7/h3-5,14H,2H2,1H3. The van der Waals surface area contributed by atoms with Gasteiger partial charge in [0.05, 0.1) is 12.3 Å². The summed E-state index contributed by atoms with van der Waals surface area (Å²) in [6.45, 7) is 1.89. The van der Waals surface area contributed by atoms with E-state index in [1.54, 1.807) is 19.1 Å². The second-order valence-electron chi connectivity index (χ2n) is 2.53. The molecule has 0 saturated heterocycles. The van der Waals surface area contributed by atoms with Gasteiger partial charge in [-0.15, -0.1) is 0 Å². The number of halogens is 1. The quantitative estimate of drug-likeness (QED) is 0.393. The maximum atomic E-state index is 11.3. The van der Waals surface area contributed by atoms with E-state index in [2.05, 4.69) is 26.1 Å². The van der Waals surface area contributed by atoms with E-state index in [9.17, 15) is 4.79 Å². The largest absolute Gasteiger partial charge is 0.461 e. The van der Waals surface area contributed by atoms with Crippen molar-refractivity contribution >= 4 is 27.6 Å². The van der Waals surface area contributed by atoms with Crippen molar-refractivity contribution in [1.82, 2.24) is 4.98 Å². The first-order chi connectivity index (χ1) is 7.19. The molecular formula is C9H9BrN2O3. The van der Waals surface area contributed by atoms with Crippen LogP contribution < -0.4 is 0 Å². The van der Waals surface area contributed by atoms with Gasteiger partial charge in [0.15, 0.2) is 0 Å². The summed E-state index contributed by atoms with van der Waals surface area (Å²) in [5, 5.41) is 11.6. The van der Waals surface area contributed by atoms with Gasteiger partial charge in [0, 0.05) is 10.7 Å². The molecule has 0 amide bonds. The summed E-state index contributed by atoms with van der Waals surface area (Å²) >= 11 is 3.20. The van der Waals surface area contributed by atoms with Crippen molar-refractivity contribution in [3.63, 3.8) is 0 Å². The van der Waals surface area contributed by atoms with Crippen LogP contribution in [0.2, 0.25) is 0 Å². The molecule has 0 bridgehead atoms. The van der Waals surface area contributed by atoms with Crippen molar-refractivity contribution in [2.45, 2.75) is 6.92 Å². The van der Waals surface area contributed by atoms with Crippen molar-refractivity contribution < 1.29 is 14.7 Å². The second-order valence-corrected chi connectivity index (χ2v) is 3.45. The molecule has 1 aromatic heterocycles. The molecule has 1 N–H and O–H groups in total. The fraction of sp³-hybridized carbons (Fsp3) is 0.222. The predicted molar refractivity (Wildman–Crippen MR) is 56.9 cm³/mol. The molecule has 0 aliphatic rings. The monoisotopic (exact) mass is 272 g/mol. The Kier molecular flexibility index (Phi) is 4.23. The SMILES string of the molecule is CCOC(=O)C(=NO)c1ccc(Br)cn1. The number of oxime groups is 1. The number of esters is 1. The molecule has 0 unspecified atom stereocenters. The van der Waals surface area contributed by atoms with Crippen LogP contribution in [-0.4, -0.2) is 28.5 Å². The zero-order valence-corrected chi connectivity index (χ0v) is 9.56. The minimum atomic E-state index is -0.699. The Bertz CT molecular complexity index is 375. The molecule has 15 heavy (non-hydrogen) atoms. The summed E-state index contributed by atoms with van der Waals surface area (Å²) in [4.78, 5) is 15.2. The van der Waals surface area contributed by atoms with E-state index in [4.69, 9.17) is 9.94 Å². The van der Waals surface area contributed by atoms with Crippen LogP contribution in [0.25, 0.3) is 0 Å². The van der Waals surface area contributed by atoms with Crippen LogP contribution in [0.3, 0.4) is 0 Å². The molecule has 0 saturated carbocycles. The van der Waals surface area contributed by atoms with Crippen molar-refractivity contribution in [2.75, 3.05) is 6.61 Å². The highest BCUT2D eigenvalue weighted by atomic mass is 79.9. The van der Waals surface area contributed by atoms with E-state index in [0.29, 0.717) is 0 Å². The number of hydrogen-bond donors (Lipinski definition) is 1. The summed E-state index contributed by atoms with van der Waals surface area (Å²) < 4.78 is 5.47. The van der Waals surface area contributed by atoms with Gasteiger partial charge in [-0.05, 0) is 35.0 Å². The van der Waals surface area contributed by atoms with Gasteiger partial charge in [0.2, 0.25) is 5.71 Å². The number of ether oxygens (including phenoxy) is 1. The molecule has 0 spiro atoms. The first-order valence-corrected chi connectivity index (χ1v) is 4.99. The van der Waals surface area contributed by atoms with Gasteiger partial charge in [-0.2, -0.15) is 0 Å². The third-order valence-electron chi connectivity index (χ3n) is 1.54. The molecule has 0 fully saturated rings. The minimum absolute atomic E-state index is 0.204. The van der Waals surface area contributed by atoms with Crippen LogP contribution >= 0.6 is 15.9 Å². The maximum Gasteiger partial charge on any atom is 0.362 e. The lowest BCUT2D eigenvalue weighted by molar-refractivity contribution is -0.135. The number of hydrogen-bond acceptors (Lipinski definition) is 5. The number of carbonyl (C=O) groups excluding carboxylic acids is 1. The molecule has 0 atom stereocenters. The Morgan fingerprint density at radius 2 is 2.40 bits per heavy atom. The molecule has 1 aromatic rings. The van der Waals surface area contributed by atoms with Crippen LogP contribution in [0.15, 0.2) is 28.0 Å². The molecule has 5 nitrogen and oxygen atoms in total. The van der Waals surface area contributed by atoms with Crippen LogP contribution in [0.1, 0.15) is 12.6 Å². The van der Waals surface area contributed by atoms with E-state index in [1.165, 1.54) is 6.20 Å². The summed E-state index contributed by atoms with van der Waals surface area (Å²) in [6.07, 6.45) is 1.50. The molecule has 0 aliphatic heterocycles. The second kappa shape index (κ2) is 5.45. The summed E-state index contributed by atoms with van der Waals surface area (Å²) in [7, 11) is 0. The Morgan fingerprint density at radius 3 is 2.87 bits per heavy atom. The number of pyridine rings is 1. The lowest BCUT2D eigenvalue weighted by Gasteiger charge is -2.02. The number of carbonyl (C=O) groups is 1. The lowest BCUT2D eigenvalue weighted by Crippen LogP contribution is -2.19. The predicted octanol–water partition coefficient (Wildman–Crippen LogP) is 1.59.